The van der Waals surface area contributed by atoms with Crippen LogP contribution in [0.2, 0.25) is 0 Å². The lowest BCUT2D eigenvalue weighted by Gasteiger charge is -2.23. The molecule has 1 aromatic carbocycles. The third-order valence-electron chi connectivity index (χ3n) is 4.07. The van der Waals surface area contributed by atoms with Crippen LogP contribution in [0.3, 0.4) is 0 Å². The van der Waals surface area contributed by atoms with Crippen LogP contribution >= 0.6 is 0 Å². The van der Waals surface area contributed by atoms with Crippen molar-refractivity contribution < 1.29 is 9.59 Å². The maximum Gasteiger partial charge on any atom is 0.228 e. The number of benzene rings is 1. The molecule has 0 atom stereocenters. The zero-order chi connectivity index (χ0) is 16.2. The number of carbonyl (C=O) groups is 2. The molecule has 1 amide bonds. The molecule has 0 aliphatic heterocycles. The first-order chi connectivity index (χ1) is 11.1. The monoisotopic (exact) mass is 309 g/mol. The van der Waals surface area contributed by atoms with E-state index in [1.807, 2.05) is 18.2 Å². The second kappa shape index (κ2) is 6.60. The Balaban J connectivity index is 1.60. The van der Waals surface area contributed by atoms with E-state index in [0.29, 0.717) is 11.4 Å². The number of Topliss-reactive ketones (excluding diaryl/α,β-unsaturated/α-hetero) is 1. The van der Waals surface area contributed by atoms with Crippen LogP contribution in [0, 0.1) is 5.92 Å². The standard InChI is InChI=1S/C18H19N3O2/c1-12(22)13-5-7-15(8-6-13)20-16-9-10-17(19-11-16)21-18(23)14-3-2-4-14/h5-11,14,20H,2-4H2,1H3,(H,19,21,23). The fourth-order valence-electron chi connectivity index (χ4n) is 2.40. The predicted molar refractivity (Wildman–Crippen MR) is 89.9 cm³/mol. The van der Waals surface area contributed by atoms with Gasteiger partial charge in [0.05, 0.1) is 11.9 Å². The number of pyridine rings is 1. The summed E-state index contributed by atoms with van der Waals surface area (Å²) >= 11 is 0. The average Bonchev–Trinajstić information content (AvgIpc) is 2.48. The third kappa shape index (κ3) is 3.74. The Morgan fingerprint density at radius 1 is 1.04 bits per heavy atom. The predicted octanol–water partition coefficient (Wildman–Crippen LogP) is 3.77. The molecule has 0 spiro atoms. The first kappa shape index (κ1) is 15.2. The molecule has 0 radical (unpaired) electrons. The number of aromatic nitrogens is 1. The third-order valence-corrected chi connectivity index (χ3v) is 4.07. The molecular formula is C18H19N3O2. The van der Waals surface area contributed by atoms with Gasteiger partial charge in [0.2, 0.25) is 5.91 Å². The number of amides is 1. The summed E-state index contributed by atoms with van der Waals surface area (Å²) in [7, 11) is 0. The molecule has 5 heteroatoms. The number of anilines is 3. The second-order valence-corrected chi connectivity index (χ2v) is 5.81. The molecule has 23 heavy (non-hydrogen) atoms. The number of nitrogens with one attached hydrogen (secondary N) is 2. The van der Waals surface area contributed by atoms with Crippen LogP contribution in [0.15, 0.2) is 42.6 Å². The van der Waals surface area contributed by atoms with Crippen molar-refractivity contribution in [3.63, 3.8) is 0 Å². The van der Waals surface area contributed by atoms with Gasteiger partial charge in [-0.05, 0) is 56.2 Å². The van der Waals surface area contributed by atoms with Gasteiger partial charge in [0.15, 0.2) is 5.78 Å². The van der Waals surface area contributed by atoms with E-state index in [0.717, 1.165) is 30.6 Å². The van der Waals surface area contributed by atoms with Gasteiger partial charge in [-0.1, -0.05) is 6.42 Å². The molecule has 0 unspecified atom stereocenters. The summed E-state index contributed by atoms with van der Waals surface area (Å²) in [6, 6.07) is 10.9. The lowest BCUT2D eigenvalue weighted by Crippen LogP contribution is -2.28. The topological polar surface area (TPSA) is 71.1 Å². The highest BCUT2D eigenvalue weighted by Crippen LogP contribution is 2.27. The summed E-state index contributed by atoms with van der Waals surface area (Å²) in [5.74, 6) is 0.822. The summed E-state index contributed by atoms with van der Waals surface area (Å²) in [6.45, 7) is 1.54. The smallest absolute Gasteiger partial charge is 0.228 e. The maximum atomic E-state index is 11.9. The normalized spacial score (nSPS) is 14.0. The van der Waals surface area contributed by atoms with Crippen molar-refractivity contribution in [2.24, 2.45) is 5.92 Å². The van der Waals surface area contributed by atoms with Crippen LogP contribution in [0.4, 0.5) is 17.2 Å². The van der Waals surface area contributed by atoms with E-state index in [1.54, 1.807) is 31.3 Å². The van der Waals surface area contributed by atoms with E-state index < -0.39 is 0 Å². The van der Waals surface area contributed by atoms with Gasteiger partial charge in [-0.15, -0.1) is 0 Å². The maximum absolute atomic E-state index is 11.9. The summed E-state index contributed by atoms with van der Waals surface area (Å²) in [6.07, 6.45) is 4.76. The minimum absolute atomic E-state index is 0.0461. The minimum atomic E-state index is 0.0461. The lowest BCUT2D eigenvalue weighted by molar-refractivity contribution is -0.122. The van der Waals surface area contributed by atoms with E-state index in [2.05, 4.69) is 15.6 Å². The Labute approximate surface area is 135 Å². The molecule has 1 aliphatic carbocycles. The fraction of sp³-hybridized carbons (Fsp3) is 0.278. The van der Waals surface area contributed by atoms with Gasteiger partial charge >= 0.3 is 0 Å². The first-order valence-electron chi connectivity index (χ1n) is 7.77. The average molecular weight is 309 g/mol. The Kier molecular flexibility index (Phi) is 4.37. The molecule has 1 aromatic heterocycles. The molecule has 2 aromatic rings. The highest BCUT2D eigenvalue weighted by molar-refractivity contribution is 5.94. The molecule has 2 N–H and O–H groups in total. The Morgan fingerprint density at radius 2 is 1.74 bits per heavy atom. The first-order valence-corrected chi connectivity index (χ1v) is 7.77. The molecular weight excluding hydrogens is 290 g/mol. The molecule has 1 fully saturated rings. The molecule has 3 rings (SSSR count). The number of hydrogen-bond acceptors (Lipinski definition) is 4. The van der Waals surface area contributed by atoms with Gasteiger partial charge in [-0.2, -0.15) is 0 Å². The van der Waals surface area contributed by atoms with Crippen molar-refractivity contribution in [1.82, 2.24) is 4.98 Å². The molecule has 1 aliphatic rings. The highest BCUT2D eigenvalue weighted by Gasteiger charge is 2.25. The van der Waals surface area contributed by atoms with Crippen LogP contribution in [-0.4, -0.2) is 16.7 Å². The summed E-state index contributed by atoms with van der Waals surface area (Å²) in [5.41, 5.74) is 2.38. The van der Waals surface area contributed by atoms with Crippen molar-refractivity contribution in [3.05, 3.63) is 48.2 Å². The van der Waals surface area contributed by atoms with Crippen LogP contribution in [0.25, 0.3) is 0 Å². The van der Waals surface area contributed by atoms with Gasteiger partial charge in [-0.3, -0.25) is 9.59 Å². The zero-order valence-corrected chi connectivity index (χ0v) is 13.0. The SMILES string of the molecule is CC(=O)c1ccc(Nc2ccc(NC(=O)C3CCC3)nc2)cc1. The van der Waals surface area contributed by atoms with Gasteiger partial charge < -0.3 is 10.6 Å². The van der Waals surface area contributed by atoms with Crippen molar-refractivity contribution >= 4 is 28.9 Å². The fourth-order valence-corrected chi connectivity index (χ4v) is 2.40. The van der Waals surface area contributed by atoms with E-state index in [4.69, 9.17) is 0 Å². The Bertz CT molecular complexity index is 704. The second-order valence-electron chi connectivity index (χ2n) is 5.81. The van der Waals surface area contributed by atoms with Gasteiger partial charge in [0.1, 0.15) is 5.82 Å². The number of rotatable bonds is 5. The number of nitrogens with zero attached hydrogens (tertiary/aromatic N) is 1. The molecule has 0 bridgehead atoms. The van der Waals surface area contributed by atoms with E-state index >= 15 is 0 Å². The summed E-state index contributed by atoms with van der Waals surface area (Å²) < 4.78 is 0. The number of carbonyl (C=O) groups excluding carboxylic acids is 2. The minimum Gasteiger partial charge on any atom is -0.354 e. The van der Waals surface area contributed by atoms with Gasteiger partial charge in [-0.25, -0.2) is 4.98 Å². The molecule has 1 heterocycles. The summed E-state index contributed by atoms with van der Waals surface area (Å²) in [5, 5.41) is 6.05. The lowest BCUT2D eigenvalue weighted by atomic mass is 9.85. The molecule has 0 saturated heterocycles. The Morgan fingerprint density at radius 3 is 2.26 bits per heavy atom. The number of ketones is 1. The van der Waals surface area contributed by atoms with Gasteiger partial charge in [0, 0.05) is 17.2 Å². The van der Waals surface area contributed by atoms with Gasteiger partial charge in [0.25, 0.3) is 0 Å². The van der Waals surface area contributed by atoms with E-state index in [1.165, 1.54) is 0 Å². The quantitative estimate of drug-likeness (QED) is 0.825. The molecule has 5 nitrogen and oxygen atoms in total. The van der Waals surface area contributed by atoms with Crippen LogP contribution in [0.5, 0.6) is 0 Å². The van der Waals surface area contributed by atoms with Crippen molar-refractivity contribution in [3.8, 4) is 0 Å². The van der Waals surface area contributed by atoms with Crippen LogP contribution in [0.1, 0.15) is 36.5 Å². The van der Waals surface area contributed by atoms with E-state index in [-0.39, 0.29) is 17.6 Å². The van der Waals surface area contributed by atoms with Crippen molar-refractivity contribution in [1.29, 1.82) is 0 Å². The van der Waals surface area contributed by atoms with Crippen molar-refractivity contribution in [2.75, 3.05) is 10.6 Å². The van der Waals surface area contributed by atoms with Crippen LogP contribution in [-0.2, 0) is 4.79 Å². The number of hydrogen-bond donors (Lipinski definition) is 2. The van der Waals surface area contributed by atoms with Crippen LogP contribution < -0.4 is 10.6 Å². The van der Waals surface area contributed by atoms with E-state index in [9.17, 15) is 9.59 Å². The molecule has 118 valence electrons. The van der Waals surface area contributed by atoms with Crippen molar-refractivity contribution in [2.45, 2.75) is 26.2 Å². The summed E-state index contributed by atoms with van der Waals surface area (Å²) in [4.78, 5) is 27.4. The zero-order valence-electron chi connectivity index (χ0n) is 13.0. The largest absolute Gasteiger partial charge is 0.354 e. The highest BCUT2D eigenvalue weighted by atomic mass is 16.2. The Hall–Kier alpha value is -2.69. The molecule has 1 saturated carbocycles.